The van der Waals surface area contributed by atoms with Gasteiger partial charge in [-0.15, -0.1) is 0 Å². The topological polar surface area (TPSA) is 53.1 Å². The quantitative estimate of drug-likeness (QED) is 0.629. The molecule has 0 unspecified atom stereocenters. The van der Waals surface area contributed by atoms with E-state index in [0.29, 0.717) is 17.5 Å². The van der Waals surface area contributed by atoms with Gasteiger partial charge in [-0.1, -0.05) is 19.1 Å². The van der Waals surface area contributed by atoms with Crippen LogP contribution in [0.25, 0.3) is 0 Å². The standard InChI is InChI=1S/C22H24FN5/c1-16-11-14-28(15-12-16)18-8-6-17(7-9-18)25-22-24-13-10-21(27-22)26-20-5-3-2-4-19(20)23/h2-10,13,16H,11-12,14-15H2,1H3,(H2,24,25,26,27). The maximum absolute atomic E-state index is 13.8. The number of halogens is 1. The van der Waals surface area contributed by atoms with Crippen molar-refractivity contribution < 1.29 is 4.39 Å². The number of benzene rings is 2. The maximum atomic E-state index is 13.8. The van der Waals surface area contributed by atoms with Crippen LogP contribution in [0.2, 0.25) is 0 Å². The number of para-hydroxylation sites is 1. The van der Waals surface area contributed by atoms with E-state index in [0.717, 1.165) is 24.7 Å². The molecule has 1 saturated heterocycles. The van der Waals surface area contributed by atoms with E-state index in [1.807, 2.05) is 12.1 Å². The predicted molar refractivity (Wildman–Crippen MR) is 112 cm³/mol. The molecular formula is C22H24FN5. The lowest BCUT2D eigenvalue weighted by molar-refractivity contribution is 0.438. The van der Waals surface area contributed by atoms with Crippen LogP contribution >= 0.6 is 0 Å². The Labute approximate surface area is 164 Å². The van der Waals surface area contributed by atoms with Crippen LogP contribution in [-0.4, -0.2) is 23.1 Å². The van der Waals surface area contributed by atoms with Crippen LogP contribution in [0.5, 0.6) is 0 Å². The summed E-state index contributed by atoms with van der Waals surface area (Å²) in [7, 11) is 0. The van der Waals surface area contributed by atoms with Crippen LogP contribution in [0.4, 0.5) is 33.2 Å². The van der Waals surface area contributed by atoms with Crippen molar-refractivity contribution in [2.24, 2.45) is 5.92 Å². The Hall–Kier alpha value is -3.15. The molecular weight excluding hydrogens is 353 g/mol. The van der Waals surface area contributed by atoms with Crippen LogP contribution < -0.4 is 15.5 Å². The fourth-order valence-electron chi connectivity index (χ4n) is 3.34. The molecule has 1 fully saturated rings. The zero-order valence-corrected chi connectivity index (χ0v) is 15.9. The number of hydrogen-bond acceptors (Lipinski definition) is 5. The zero-order valence-electron chi connectivity index (χ0n) is 15.9. The first-order valence-corrected chi connectivity index (χ1v) is 9.64. The first-order valence-electron chi connectivity index (χ1n) is 9.64. The normalized spacial score (nSPS) is 14.7. The lowest BCUT2D eigenvalue weighted by Crippen LogP contribution is -2.32. The van der Waals surface area contributed by atoms with Gasteiger partial charge in [-0.25, -0.2) is 9.37 Å². The van der Waals surface area contributed by atoms with E-state index in [-0.39, 0.29) is 5.82 Å². The summed E-state index contributed by atoms with van der Waals surface area (Å²) in [5.74, 6) is 1.49. The minimum Gasteiger partial charge on any atom is -0.372 e. The summed E-state index contributed by atoms with van der Waals surface area (Å²) in [6.45, 7) is 4.54. The summed E-state index contributed by atoms with van der Waals surface area (Å²) >= 11 is 0. The second-order valence-corrected chi connectivity index (χ2v) is 7.21. The van der Waals surface area contributed by atoms with Crippen LogP contribution in [0.3, 0.4) is 0 Å². The summed E-state index contributed by atoms with van der Waals surface area (Å²) in [6.07, 6.45) is 4.13. The van der Waals surface area contributed by atoms with Gasteiger partial charge in [0.1, 0.15) is 11.6 Å². The van der Waals surface area contributed by atoms with Gasteiger partial charge in [-0.05, 0) is 61.2 Å². The Balaban J connectivity index is 1.42. The molecule has 0 amide bonds. The Kier molecular flexibility index (Phi) is 5.37. The molecule has 0 saturated carbocycles. The Morgan fingerprint density at radius 3 is 2.46 bits per heavy atom. The molecule has 144 valence electrons. The van der Waals surface area contributed by atoms with Gasteiger partial charge in [0, 0.05) is 30.7 Å². The largest absolute Gasteiger partial charge is 0.372 e. The maximum Gasteiger partial charge on any atom is 0.229 e. The van der Waals surface area contributed by atoms with Crippen LogP contribution in [0.15, 0.2) is 60.8 Å². The molecule has 1 aliphatic rings. The summed E-state index contributed by atoms with van der Waals surface area (Å²) < 4.78 is 13.8. The van der Waals surface area contributed by atoms with Crippen molar-refractivity contribution in [2.75, 3.05) is 28.6 Å². The van der Waals surface area contributed by atoms with Crippen LogP contribution in [0.1, 0.15) is 19.8 Å². The number of aromatic nitrogens is 2. The number of piperidine rings is 1. The number of rotatable bonds is 5. The van der Waals surface area contributed by atoms with Gasteiger partial charge in [0.2, 0.25) is 5.95 Å². The van der Waals surface area contributed by atoms with Gasteiger partial charge in [0.05, 0.1) is 5.69 Å². The average molecular weight is 377 g/mol. The summed E-state index contributed by atoms with van der Waals surface area (Å²) in [5, 5.41) is 6.19. The smallest absolute Gasteiger partial charge is 0.229 e. The third-order valence-electron chi connectivity index (χ3n) is 5.06. The highest BCUT2D eigenvalue weighted by Gasteiger charge is 2.15. The Morgan fingerprint density at radius 2 is 1.71 bits per heavy atom. The van der Waals surface area contributed by atoms with Crippen molar-refractivity contribution in [3.63, 3.8) is 0 Å². The molecule has 5 nitrogen and oxygen atoms in total. The van der Waals surface area contributed by atoms with Crippen molar-refractivity contribution in [3.8, 4) is 0 Å². The molecule has 1 aliphatic heterocycles. The van der Waals surface area contributed by atoms with E-state index in [2.05, 4.69) is 44.6 Å². The fraction of sp³-hybridized carbons (Fsp3) is 0.273. The van der Waals surface area contributed by atoms with Crippen LogP contribution in [0, 0.1) is 11.7 Å². The van der Waals surface area contributed by atoms with Crippen LogP contribution in [-0.2, 0) is 0 Å². The molecule has 0 spiro atoms. The highest BCUT2D eigenvalue weighted by molar-refractivity contribution is 5.62. The number of anilines is 5. The predicted octanol–water partition coefficient (Wildman–Crippen LogP) is 5.34. The summed E-state index contributed by atoms with van der Waals surface area (Å²) in [6, 6.07) is 16.5. The molecule has 28 heavy (non-hydrogen) atoms. The lowest BCUT2D eigenvalue weighted by Gasteiger charge is -2.32. The van der Waals surface area contributed by atoms with Gasteiger partial charge in [-0.3, -0.25) is 0 Å². The van der Waals surface area contributed by atoms with Crippen molar-refractivity contribution in [3.05, 3.63) is 66.6 Å². The lowest BCUT2D eigenvalue weighted by atomic mass is 9.99. The third-order valence-corrected chi connectivity index (χ3v) is 5.06. The molecule has 4 rings (SSSR count). The summed E-state index contributed by atoms with van der Waals surface area (Å²) in [5.41, 5.74) is 2.54. The second kappa shape index (κ2) is 8.25. The van der Waals surface area contributed by atoms with Gasteiger partial charge in [0.15, 0.2) is 0 Å². The number of nitrogens with zero attached hydrogens (tertiary/aromatic N) is 3. The first kappa shape index (κ1) is 18.2. The van der Waals surface area contributed by atoms with Gasteiger partial charge < -0.3 is 15.5 Å². The number of hydrogen-bond donors (Lipinski definition) is 2. The minimum absolute atomic E-state index is 0.321. The molecule has 0 aliphatic carbocycles. The van der Waals surface area contributed by atoms with E-state index in [1.54, 1.807) is 30.5 Å². The zero-order chi connectivity index (χ0) is 19.3. The van der Waals surface area contributed by atoms with Crippen molar-refractivity contribution in [1.82, 2.24) is 9.97 Å². The van der Waals surface area contributed by atoms with E-state index in [4.69, 9.17) is 0 Å². The minimum atomic E-state index is -0.321. The van der Waals surface area contributed by atoms with Gasteiger partial charge in [0.25, 0.3) is 0 Å². The van der Waals surface area contributed by atoms with E-state index in [1.165, 1.54) is 24.6 Å². The summed E-state index contributed by atoms with van der Waals surface area (Å²) in [4.78, 5) is 11.1. The fourth-order valence-corrected chi connectivity index (χ4v) is 3.34. The molecule has 0 atom stereocenters. The highest BCUT2D eigenvalue weighted by atomic mass is 19.1. The van der Waals surface area contributed by atoms with E-state index in [9.17, 15) is 4.39 Å². The second-order valence-electron chi connectivity index (χ2n) is 7.21. The van der Waals surface area contributed by atoms with Crippen molar-refractivity contribution >= 4 is 28.8 Å². The molecule has 0 bridgehead atoms. The molecule has 2 aromatic carbocycles. The molecule has 2 heterocycles. The Morgan fingerprint density at radius 1 is 0.964 bits per heavy atom. The Bertz CT molecular complexity index is 920. The van der Waals surface area contributed by atoms with E-state index < -0.39 is 0 Å². The van der Waals surface area contributed by atoms with E-state index >= 15 is 0 Å². The molecule has 2 N–H and O–H groups in total. The molecule has 1 aromatic heterocycles. The third kappa shape index (κ3) is 4.39. The highest BCUT2D eigenvalue weighted by Crippen LogP contribution is 2.25. The SMILES string of the molecule is CC1CCN(c2ccc(Nc3nccc(Nc4ccccc4F)n3)cc2)CC1. The van der Waals surface area contributed by atoms with Gasteiger partial charge in [-0.2, -0.15) is 4.98 Å². The van der Waals surface area contributed by atoms with Crippen molar-refractivity contribution in [2.45, 2.75) is 19.8 Å². The average Bonchev–Trinajstić information content (AvgIpc) is 2.71. The molecule has 3 aromatic rings. The molecule has 0 radical (unpaired) electrons. The molecule has 6 heteroatoms. The number of nitrogens with one attached hydrogen (secondary N) is 2. The van der Waals surface area contributed by atoms with Gasteiger partial charge >= 0.3 is 0 Å². The first-order chi connectivity index (χ1) is 13.7. The monoisotopic (exact) mass is 377 g/mol. The van der Waals surface area contributed by atoms with Crippen molar-refractivity contribution in [1.29, 1.82) is 0 Å².